The zero-order valence-electron chi connectivity index (χ0n) is 11.7. The third-order valence-electron chi connectivity index (χ3n) is 2.29. The maximum absolute atomic E-state index is 11.7. The van der Waals surface area contributed by atoms with Crippen LogP contribution in [0.3, 0.4) is 0 Å². The Bertz CT molecular complexity index is 313. The van der Waals surface area contributed by atoms with Gasteiger partial charge in [0, 0.05) is 30.5 Å². The normalized spacial score (nSPS) is 19.6. The van der Waals surface area contributed by atoms with Crippen LogP contribution in [0.1, 0.15) is 33.6 Å². The third kappa shape index (κ3) is 8.26. The molecular formula is C12H22N2O3S2. The van der Waals surface area contributed by atoms with Crippen LogP contribution in [0.4, 0.5) is 4.79 Å². The summed E-state index contributed by atoms with van der Waals surface area (Å²) in [5, 5.41) is 5.55. The topological polar surface area (TPSA) is 67.4 Å². The van der Waals surface area contributed by atoms with Crippen molar-refractivity contribution in [2.75, 3.05) is 18.1 Å². The van der Waals surface area contributed by atoms with Gasteiger partial charge in [-0.15, -0.1) is 0 Å². The van der Waals surface area contributed by atoms with Crippen molar-refractivity contribution in [3.63, 3.8) is 0 Å². The number of carbonyl (C=O) groups excluding carboxylic acids is 2. The van der Waals surface area contributed by atoms with E-state index in [1.54, 1.807) is 31.6 Å². The molecule has 0 spiro atoms. The fourth-order valence-electron chi connectivity index (χ4n) is 1.47. The van der Waals surface area contributed by atoms with Crippen LogP contribution in [0.5, 0.6) is 0 Å². The monoisotopic (exact) mass is 306 g/mol. The van der Waals surface area contributed by atoms with Crippen molar-refractivity contribution in [1.82, 2.24) is 10.6 Å². The van der Waals surface area contributed by atoms with Gasteiger partial charge in [0.15, 0.2) is 0 Å². The van der Waals surface area contributed by atoms with Crippen LogP contribution in [0, 0.1) is 0 Å². The van der Waals surface area contributed by atoms with Crippen molar-refractivity contribution in [1.29, 1.82) is 0 Å². The number of alkyl carbamates (subject to hydrolysis) is 1. The van der Waals surface area contributed by atoms with E-state index in [0.29, 0.717) is 6.54 Å². The number of hydrogen-bond acceptors (Lipinski definition) is 5. The molecule has 0 saturated carbocycles. The Labute approximate surface area is 122 Å². The maximum atomic E-state index is 11.7. The summed E-state index contributed by atoms with van der Waals surface area (Å²) in [4.78, 5) is 23.0. The lowest BCUT2D eigenvalue weighted by atomic mass is 10.2. The number of nitrogens with one attached hydrogen (secondary N) is 2. The summed E-state index contributed by atoms with van der Waals surface area (Å²) in [5.74, 6) is 2.01. The summed E-state index contributed by atoms with van der Waals surface area (Å²) in [6, 6.07) is 0.264. The maximum Gasteiger partial charge on any atom is 0.407 e. The van der Waals surface area contributed by atoms with Gasteiger partial charge in [0.2, 0.25) is 5.91 Å². The molecule has 0 aromatic heterocycles. The molecule has 1 aliphatic heterocycles. The van der Waals surface area contributed by atoms with Gasteiger partial charge in [0.05, 0.1) is 0 Å². The highest BCUT2D eigenvalue weighted by atomic mass is 33.1. The van der Waals surface area contributed by atoms with Gasteiger partial charge in [-0.1, -0.05) is 21.6 Å². The first kappa shape index (κ1) is 16.5. The third-order valence-corrected chi connectivity index (χ3v) is 4.80. The van der Waals surface area contributed by atoms with Crippen LogP contribution in [0.15, 0.2) is 0 Å². The van der Waals surface area contributed by atoms with Gasteiger partial charge >= 0.3 is 6.09 Å². The first-order valence-corrected chi connectivity index (χ1v) is 8.86. The predicted molar refractivity (Wildman–Crippen MR) is 80.3 cm³/mol. The molecule has 1 heterocycles. The van der Waals surface area contributed by atoms with Gasteiger partial charge < -0.3 is 15.4 Å². The van der Waals surface area contributed by atoms with Crippen LogP contribution in [-0.2, 0) is 9.53 Å². The van der Waals surface area contributed by atoms with Gasteiger partial charge in [0.25, 0.3) is 0 Å². The molecule has 7 heteroatoms. The SMILES string of the molecule is CC(C)(C)OC(=O)NCCC(=O)NC1CCSSC1. The van der Waals surface area contributed by atoms with Crippen molar-refractivity contribution in [2.24, 2.45) is 0 Å². The molecule has 1 rings (SSSR count). The fraction of sp³-hybridized carbons (Fsp3) is 0.833. The largest absolute Gasteiger partial charge is 0.444 e. The van der Waals surface area contributed by atoms with Crippen molar-refractivity contribution in [3.05, 3.63) is 0 Å². The first-order chi connectivity index (χ1) is 8.87. The second-order valence-electron chi connectivity index (χ2n) is 5.34. The van der Waals surface area contributed by atoms with Gasteiger partial charge in [-0.2, -0.15) is 0 Å². The molecule has 2 amide bonds. The average Bonchev–Trinajstić information content (AvgIpc) is 2.27. The highest BCUT2D eigenvalue weighted by Gasteiger charge is 2.18. The molecule has 0 aromatic carbocycles. The Morgan fingerprint density at radius 2 is 2.05 bits per heavy atom. The number of amides is 2. The molecular weight excluding hydrogens is 284 g/mol. The van der Waals surface area contributed by atoms with Gasteiger partial charge in [0.1, 0.15) is 5.60 Å². The summed E-state index contributed by atoms with van der Waals surface area (Å²) in [6.45, 7) is 5.71. The van der Waals surface area contributed by atoms with Gasteiger partial charge in [-0.05, 0) is 27.2 Å². The minimum absolute atomic E-state index is 0.0199. The summed E-state index contributed by atoms with van der Waals surface area (Å²) in [5.41, 5.74) is -0.511. The zero-order valence-corrected chi connectivity index (χ0v) is 13.3. The Hall–Kier alpha value is -0.560. The van der Waals surface area contributed by atoms with Crippen molar-refractivity contribution < 1.29 is 14.3 Å². The van der Waals surface area contributed by atoms with Crippen molar-refractivity contribution in [2.45, 2.75) is 45.3 Å². The van der Waals surface area contributed by atoms with E-state index < -0.39 is 11.7 Å². The molecule has 0 radical (unpaired) electrons. The van der Waals surface area contributed by atoms with E-state index in [4.69, 9.17) is 4.74 Å². The van der Waals surface area contributed by atoms with Crippen LogP contribution >= 0.6 is 21.6 Å². The highest BCUT2D eigenvalue weighted by molar-refractivity contribution is 8.76. The number of rotatable bonds is 4. The first-order valence-electron chi connectivity index (χ1n) is 6.37. The van der Waals surface area contributed by atoms with E-state index in [0.717, 1.165) is 17.9 Å². The van der Waals surface area contributed by atoms with Gasteiger partial charge in [-0.25, -0.2) is 4.79 Å². The molecule has 0 aromatic rings. The fourth-order valence-corrected chi connectivity index (χ4v) is 3.90. The molecule has 2 N–H and O–H groups in total. The highest BCUT2D eigenvalue weighted by Crippen LogP contribution is 2.29. The molecule has 1 unspecified atom stereocenters. The Kier molecular flexibility index (Phi) is 6.85. The minimum Gasteiger partial charge on any atom is -0.444 e. The molecule has 19 heavy (non-hydrogen) atoms. The smallest absolute Gasteiger partial charge is 0.407 e. The van der Waals surface area contributed by atoms with E-state index in [1.807, 2.05) is 10.8 Å². The lowest BCUT2D eigenvalue weighted by Gasteiger charge is -2.22. The van der Waals surface area contributed by atoms with Gasteiger partial charge in [-0.3, -0.25) is 4.79 Å². The lowest BCUT2D eigenvalue weighted by Crippen LogP contribution is -2.40. The predicted octanol–water partition coefficient (Wildman–Crippen LogP) is 2.17. The molecule has 1 aliphatic rings. The molecule has 0 bridgehead atoms. The Balaban J connectivity index is 2.11. The molecule has 1 atom stereocenters. The summed E-state index contributed by atoms with van der Waals surface area (Å²) < 4.78 is 5.08. The average molecular weight is 306 g/mol. The number of ether oxygens (including phenoxy) is 1. The summed E-state index contributed by atoms with van der Waals surface area (Å²) in [6.07, 6.45) is 0.820. The van der Waals surface area contributed by atoms with Crippen LogP contribution in [0.25, 0.3) is 0 Å². The molecule has 110 valence electrons. The zero-order chi connectivity index (χ0) is 14.3. The molecule has 1 fully saturated rings. The second-order valence-corrected chi connectivity index (χ2v) is 7.97. The van der Waals surface area contributed by atoms with Crippen molar-refractivity contribution in [3.8, 4) is 0 Å². The van der Waals surface area contributed by atoms with E-state index in [9.17, 15) is 9.59 Å². The van der Waals surface area contributed by atoms with E-state index in [2.05, 4.69) is 10.6 Å². The number of carbonyl (C=O) groups is 2. The van der Waals surface area contributed by atoms with E-state index in [1.165, 1.54) is 0 Å². The number of hydrogen-bond donors (Lipinski definition) is 2. The lowest BCUT2D eigenvalue weighted by molar-refractivity contribution is -0.121. The van der Waals surface area contributed by atoms with Crippen molar-refractivity contribution >= 4 is 33.6 Å². The molecule has 5 nitrogen and oxygen atoms in total. The summed E-state index contributed by atoms with van der Waals surface area (Å²) in [7, 11) is 3.64. The minimum atomic E-state index is -0.511. The van der Waals surface area contributed by atoms with Crippen LogP contribution in [-0.4, -0.2) is 41.7 Å². The quantitative estimate of drug-likeness (QED) is 0.779. The van der Waals surface area contributed by atoms with Crippen LogP contribution in [0.2, 0.25) is 0 Å². The molecule has 1 saturated heterocycles. The van der Waals surface area contributed by atoms with E-state index >= 15 is 0 Å². The molecule has 0 aliphatic carbocycles. The Morgan fingerprint density at radius 1 is 1.32 bits per heavy atom. The van der Waals surface area contributed by atoms with Crippen LogP contribution < -0.4 is 10.6 Å². The Morgan fingerprint density at radius 3 is 2.63 bits per heavy atom. The summed E-state index contributed by atoms with van der Waals surface area (Å²) >= 11 is 0. The second kappa shape index (κ2) is 7.89. The standard InChI is InChI=1S/C12H22N2O3S2/c1-12(2,3)17-11(16)13-6-4-10(15)14-9-5-7-18-19-8-9/h9H,4-8H2,1-3H3,(H,13,16)(H,14,15). The van der Waals surface area contributed by atoms with E-state index in [-0.39, 0.29) is 18.4 Å².